The minimum Gasteiger partial charge on any atom is -0.369 e. The van der Waals surface area contributed by atoms with Crippen LogP contribution in [-0.4, -0.2) is 47.4 Å². The van der Waals surface area contributed by atoms with Gasteiger partial charge in [0.25, 0.3) is 5.56 Å². The first-order valence-electron chi connectivity index (χ1n) is 14.2. The van der Waals surface area contributed by atoms with Crippen LogP contribution in [-0.2, 0) is 27.6 Å². The number of ketones is 1. The van der Waals surface area contributed by atoms with Gasteiger partial charge in [0, 0.05) is 31.8 Å². The number of rotatable bonds is 4. The van der Waals surface area contributed by atoms with E-state index in [2.05, 4.69) is 20.6 Å². The van der Waals surface area contributed by atoms with Crippen LogP contribution in [0.5, 0.6) is 0 Å². The summed E-state index contributed by atoms with van der Waals surface area (Å²) in [7, 11) is -2.05. The van der Waals surface area contributed by atoms with Crippen LogP contribution in [0.3, 0.4) is 0 Å². The van der Waals surface area contributed by atoms with E-state index in [4.69, 9.17) is 0 Å². The number of fused-ring (bicyclic) bond motifs is 9. The van der Waals surface area contributed by atoms with E-state index in [1.165, 1.54) is 23.4 Å². The number of benzene rings is 3. The number of aromatic amines is 1. The van der Waals surface area contributed by atoms with Gasteiger partial charge in [0.15, 0.2) is 15.6 Å². The van der Waals surface area contributed by atoms with Crippen LogP contribution in [0.25, 0.3) is 10.9 Å². The normalized spacial score (nSPS) is 16.2. The number of H-pyrrole nitrogens is 1. The predicted octanol–water partition coefficient (Wildman–Crippen LogP) is 5.19. The van der Waals surface area contributed by atoms with Gasteiger partial charge >= 0.3 is 6.03 Å². The number of carbonyl (C=O) groups excluding carboxylic acids is 2. The SMILES string of the molecule is Cc1cc2cc(C)c1CN(C)C(=O)Nc1ccc(S(=O)(=O)C(C)C)c(c1)CCC(=O)C2Nc1cc2c(=O)[nH]cnc2cc1F. The Morgan fingerprint density at radius 2 is 1.73 bits per heavy atom. The molecule has 2 amide bonds. The lowest BCUT2D eigenvalue weighted by Gasteiger charge is -2.24. The highest BCUT2D eigenvalue weighted by Crippen LogP contribution is 2.31. The molecule has 3 heterocycles. The number of sulfone groups is 1. The molecule has 0 saturated heterocycles. The molecule has 0 radical (unpaired) electrons. The minimum absolute atomic E-state index is 0.0498. The van der Waals surface area contributed by atoms with Crippen molar-refractivity contribution in [3.05, 3.63) is 92.8 Å². The van der Waals surface area contributed by atoms with E-state index < -0.39 is 32.5 Å². The predicted molar refractivity (Wildman–Crippen MR) is 167 cm³/mol. The molecular formula is C32H34FN5O5S. The lowest BCUT2D eigenvalue weighted by atomic mass is 9.91. The summed E-state index contributed by atoms with van der Waals surface area (Å²) in [6.45, 7) is 7.20. The Bertz CT molecular complexity index is 1950. The molecule has 3 N–H and O–H groups in total. The van der Waals surface area contributed by atoms with Crippen molar-refractivity contribution in [2.24, 2.45) is 0 Å². The fourth-order valence-corrected chi connectivity index (χ4v) is 6.75. The third-order valence-corrected chi connectivity index (χ3v) is 10.3. The van der Waals surface area contributed by atoms with Crippen LogP contribution < -0.4 is 16.2 Å². The largest absolute Gasteiger partial charge is 0.369 e. The highest BCUT2D eigenvalue weighted by Gasteiger charge is 2.27. The zero-order valence-electron chi connectivity index (χ0n) is 25.1. The maximum Gasteiger partial charge on any atom is 0.321 e. The molecule has 44 heavy (non-hydrogen) atoms. The lowest BCUT2D eigenvalue weighted by Crippen LogP contribution is -2.31. The maximum absolute atomic E-state index is 15.3. The van der Waals surface area contributed by atoms with Gasteiger partial charge in [-0.15, -0.1) is 0 Å². The number of hydrogen-bond acceptors (Lipinski definition) is 7. The molecule has 10 nitrogen and oxygen atoms in total. The van der Waals surface area contributed by atoms with Gasteiger partial charge in [-0.05, 0) is 86.2 Å². The van der Waals surface area contributed by atoms with Crippen molar-refractivity contribution in [2.75, 3.05) is 17.7 Å². The summed E-state index contributed by atoms with van der Waals surface area (Å²) in [6.07, 6.45) is 1.15. The highest BCUT2D eigenvalue weighted by atomic mass is 32.2. The molecule has 1 unspecified atom stereocenters. The molecule has 4 aromatic rings. The van der Waals surface area contributed by atoms with Crippen molar-refractivity contribution >= 4 is 43.9 Å². The summed E-state index contributed by atoms with van der Waals surface area (Å²) in [5, 5.41) is 5.32. The second-order valence-electron chi connectivity index (χ2n) is 11.5. The molecule has 6 rings (SSSR count). The van der Waals surface area contributed by atoms with Crippen molar-refractivity contribution in [2.45, 2.75) is 63.3 Å². The van der Waals surface area contributed by atoms with E-state index in [9.17, 15) is 22.8 Å². The number of urea groups is 1. The van der Waals surface area contributed by atoms with Crippen molar-refractivity contribution in [1.29, 1.82) is 0 Å². The molecule has 1 atom stereocenters. The zero-order valence-corrected chi connectivity index (χ0v) is 25.9. The van der Waals surface area contributed by atoms with E-state index in [0.717, 1.165) is 22.8 Å². The molecule has 0 spiro atoms. The van der Waals surface area contributed by atoms with Crippen molar-refractivity contribution < 1.29 is 22.4 Å². The monoisotopic (exact) mass is 619 g/mol. The number of aryl methyl sites for hydroxylation is 3. The zero-order chi connectivity index (χ0) is 31.9. The number of anilines is 2. The topological polar surface area (TPSA) is 141 Å². The number of hydrogen-bond donors (Lipinski definition) is 3. The standard InChI is InChI=1S/C32H34FN5O5S/c1-17(2)44(42,43)29-9-7-22-12-20(29)6-8-28(39)30(37-27-13-23-26(14-25(27)33)34-16-35-31(23)40)21-10-18(3)24(19(4)11-21)15-38(5)32(41)36-22/h7,9-14,16-17,30,37H,6,8,15H2,1-5H3,(H,36,41)(H,34,35,40). The van der Waals surface area contributed by atoms with Crippen LogP contribution in [0, 0.1) is 19.7 Å². The Morgan fingerprint density at radius 1 is 1.02 bits per heavy atom. The summed E-state index contributed by atoms with van der Waals surface area (Å²) in [5.41, 5.74) is 3.58. The Morgan fingerprint density at radius 3 is 2.41 bits per heavy atom. The quantitative estimate of drug-likeness (QED) is 0.285. The summed E-state index contributed by atoms with van der Waals surface area (Å²) < 4.78 is 41.8. The lowest BCUT2D eigenvalue weighted by molar-refractivity contribution is -0.119. The van der Waals surface area contributed by atoms with Gasteiger partial charge in [0.05, 0.1) is 33.1 Å². The molecule has 1 aromatic heterocycles. The Balaban J connectivity index is 1.64. The van der Waals surface area contributed by atoms with E-state index in [1.807, 2.05) is 26.0 Å². The van der Waals surface area contributed by atoms with Crippen LogP contribution in [0.2, 0.25) is 0 Å². The molecule has 3 aromatic carbocycles. The van der Waals surface area contributed by atoms with Crippen LogP contribution >= 0.6 is 0 Å². The fraction of sp³-hybridized carbons (Fsp3) is 0.312. The molecule has 4 bridgehead atoms. The van der Waals surface area contributed by atoms with E-state index >= 15 is 4.39 Å². The number of Topliss-reactive ketones (excluding diaryl/α,β-unsaturated/α-hetero) is 1. The molecule has 12 heteroatoms. The summed E-state index contributed by atoms with van der Waals surface area (Å²) in [4.78, 5) is 47.6. The third kappa shape index (κ3) is 5.94. The number of aromatic nitrogens is 2. The van der Waals surface area contributed by atoms with Crippen LogP contribution in [0.4, 0.5) is 20.6 Å². The van der Waals surface area contributed by atoms with Gasteiger partial charge in [-0.3, -0.25) is 9.59 Å². The minimum atomic E-state index is -3.71. The van der Waals surface area contributed by atoms with Crippen molar-refractivity contribution in [3.8, 4) is 0 Å². The van der Waals surface area contributed by atoms with E-state index in [0.29, 0.717) is 16.8 Å². The molecule has 0 saturated carbocycles. The molecule has 0 aliphatic carbocycles. The van der Waals surface area contributed by atoms with Crippen LogP contribution in [0.15, 0.2) is 58.5 Å². The molecule has 2 aliphatic heterocycles. The Hall–Kier alpha value is -4.58. The van der Waals surface area contributed by atoms with Gasteiger partial charge in [0.1, 0.15) is 11.9 Å². The number of amides is 2. The Kier molecular flexibility index (Phi) is 8.30. The third-order valence-electron chi connectivity index (χ3n) is 8.02. The highest BCUT2D eigenvalue weighted by molar-refractivity contribution is 7.92. The fourth-order valence-electron chi connectivity index (χ4n) is 5.46. The number of carbonyl (C=O) groups is 2. The first kappa shape index (κ1) is 30.9. The number of nitrogens with one attached hydrogen (secondary N) is 3. The first-order valence-corrected chi connectivity index (χ1v) is 15.8. The molecular weight excluding hydrogens is 585 g/mol. The smallest absolute Gasteiger partial charge is 0.321 e. The molecule has 230 valence electrons. The molecule has 0 fully saturated rings. The van der Waals surface area contributed by atoms with Crippen molar-refractivity contribution in [1.82, 2.24) is 14.9 Å². The van der Waals surface area contributed by atoms with Gasteiger partial charge in [-0.25, -0.2) is 22.6 Å². The van der Waals surface area contributed by atoms with E-state index in [1.54, 1.807) is 33.0 Å². The second kappa shape index (κ2) is 11.8. The average molecular weight is 620 g/mol. The van der Waals surface area contributed by atoms with Crippen molar-refractivity contribution in [3.63, 3.8) is 0 Å². The van der Waals surface area contributed by atoms with Crippen LogP contribution in [0.1, 0.15) is 54.1 Å². The van der Waals surface area contributed by atoms with Gasteiger partial charge < -0.3 is 20.5 Å². The van der Waals surface area contributed by atoms with Gasteiger partial charge in [-0.1, -0.05) is 12.1 Å². The molecule has 2 aliphatic rings. The Labute approximate surface area is 254 Å². The number of halogens is 1. The second-order valence-corrected chi connectivity index (χ2v) is 13.9. The maximum atomic E-state index is 15.3. The number of nitrogens with zero attached hydrogens (tertiary/aromatic N) is 2. The average Bonchev–Trinajstić information content (AvgIpc) is 2.96. The van der Waals surface area contributed by atoms with E-state index in [-0.39, 0.29) is 52.7 Å². The van der Waals surface area contributed by atoms with Gasteiger partial charge in [0.2, 0.25) is 0 Å². The summed E-state index contributed by atoms with van der Waals surface area (Å²) >= 11 is 0. The summed E-state index contributed by atoms with van der Waals surface area (Å²) in [5.74, 6) is -1.00. The van der Waals surface area contributed by atoms with Gasteiger partial charge in [-0.2, -0.15) is 0 Å². The first-order chi connectivity index (χ1) is 20.8. The summed E-state index contributed by atoms with van der Waals surface area (Å²) in [6, 6.07) is 9.30.